The van der Waals surface area contributed by atoms with Crippen LogP contribution >= 0.6 is 0 Å². The van der Waals surface area contributed by atoms with Gasteiger partial charge in [-0.15, -0.1) is 0 Å². The predicted molar refractivity (Wildman–Crippen MR) is 71.9 cm³/mol. The van der Waals surface area contributed by atoms with E-state index in [-0.39, 0.29) is 0 Å². The number of allylic oxidation sites excluding steroid dienone is 2. The van der Waals surface area contributed by atoms with Crippen molar-refractivity contribution < 1.29 is 24.5 Å². The van der Waals surface area contributed by atoms with Gasteiger partial charge in [-0.1, -0.05) is 19.0 Å². The molecule has 0 bridgehead atoms. The smallest absolute Gasteiger partial charge is 0.388 e. The molecule has 2 aliphatic rings. The summed E-state index contributed by atoms with van der Waals surface area (Å²) in [6.07, 6.45) is 4.47. The zero-order valence-electron chi connectivity index (χ0n) is 12.1. The molecule has 0 fully saturated rings. The lowest BCUT2D eigenvalue weighted by Gasteiger charge is -2.41. The maximum Gasteiger partial charge on any atom is 0.388 e. The number of fused-ring (bicyclic) bond motifs is 1. The Morgan fingerprint density at radius 2 is 2.20 bits per heavy atom. The van der Waals surface area contributed by atoms with Gasteiger partial charge in [0.1, 0.15) is 11.5 Å². The Morgan fingerprint density at radius 1 is 1.45 bits per heavy atom. The second-order valence-electron chi connectivity index (χ2n) is 5.07. The first-order valence-electron chi connectivity index (χ1n) is 7.07. The van der Waals surface area contributed by atoms with E-state index >= 15 is 0 Å². The molecule has 1 aliphatic heterocycles. The van der Waals surface area contributed by atoms with Crippen molar-refractivity contribution in [2.45, 2.75) is 52.1 Å². The van der Waals surface area contributed by atoms with E-state index in [2.05, 4.69) is 10.0 Å². The van der Waals surface area contributed by atoms with Gasteiger partial charge < -0.3 is 9.57 Å². The minimum atomic E-state index is -1.28. The van der Waals surface area contributed by atoms with E-state index < -0.39 is 17.0 Å². The van der Waals surface area contributed by atoms with Gasteiger partial charge in [0.2, 0.25) is 5.60 Å². The molecule has 0 spiro atoms. The molecule has 1 N–H and O–H groups in total. The fourth-order valence-electron chi connectivity index (χ4n) is 3.40. The van der Waals surface area contributed by atoms with Crippen LogP contribution in [-0.2, 0) is 19.3 Å². The van der Waals surface area contributed by atoms with Crippen molar-refractivity contribution >= 4 is 11.7 Å². The molecule has 0 saturated carbocycles. The molecule has 20 heavy (non-hydrogen) atoms. The molecule has 1 aliphatic carbocycles. The lowest BCUT2D eigenvalue weighted by Crippen LogP contribution is -2.56. The molecule has 1 heterocycles. The first-order valence-corrected chi connectivity index (χ1v) is 7.07. The third kappa shape index (κ3) is 1.74. The van der Waals surface area contributed by atoms with Crippen LogP contribution in [-0.4, -0.2) is 29.1 Å². The summed E-state index contributed by atoms with van der Waals surface area (Å²) in [6.45, 7) is 6.22. The SMILES string of the molecule is CCOC1=CCCC2(CC)C1=NOC2(CC)C(=O)OO. The van der Waals surface area contributed by atoms with E-state index in [1.54, 1.807) is 0 Å². The van der Waals surface area contributed by atoms with E-state index in [1.807, 2.05) is 26.8 Å². The average molecular weight is 283 g/mol. The first kappa shape index (κ1) is 14.8. The van der Waals surface area contributed by atoms with Crippen LogP contribution in [0.1, 0.15) is 46.5 Å². The van der Waals surface area contributed by atoms with Gasteiger partial charge in [0, 0.05) is 0 Å². The van der Waals surface area contributed by atoms with Crippen molar-refractivity contribution in [2.24, 2.45) is 10.6 Å². The van der Waals surface area contributed by atoms with E-state index in [0.29, 0.717) is 37.3 Å². The second kappa shape index (κ2) is 5.44. The minimum absolute atomic E-state index is 0.368. The minimum Gasteiger partial charge on any atom is -0.492 e. The maximum atomic E-state index is 12.1. The van der Waals surface area contributed by atoms with Gasteiger partial charge in [-0.3, -0.25) is 4.89 Å². The number of nitrogens with zero attached hydrogens (tertiary/aromatic N) is 1. The van der Waals surface area contributed by atoms with Crippen molar-refractivity contribution in [3.05, 3.63) is 11.8 Å². The molecule has 6 nitrogen and oxygen atoms in total. The summed E-state index contributed by atoms with van der Waals surface area (Å²) in [5, 5.41) is 12.9. The van der Waals surface area contributed by atoms with Crippen LogP contribution in [0.2, 0.25) is 0 Å². The van der Waals surface area contributed by atoms with Gasteiger partial charge >= 0.3 is 5.97 Å². The van der Waals surface area contributed by atoms with Crippen LogP contribution in [0.3, 0.4) is 0 Å². The van der Waals surface area contributed by atoms with Gasteiger partial charge in [0.15, 0.2) is 0 Å². The van der Waals surface area contributed by atoms with Crippen molar-refractivity contribution in [1.82, 2.24) is 0 Å². The van der Waals surface area contributed by atoms with Gasteiger partial charge in [-0.25, -0.2) is 4.79 Å². The summed E-state index contributed by atoms with van der Waals surface area (Å²) in [5.74, 6) is -0.125. The molecule has 0 aromatic heterocycles. The van der Waals surface area contributed by atoms with Gasteiger partial charge in [0.25, 0.3) is 0 Å². The molecule has 0 saturated heterocycles. The summed E-state index contributed by atoms with van der Waals surface area (Å²) in [6, 6.07) is 0. The van der Waals surface area contributed by atoms with E-state index in [1.165, 1.54) is 0 Å². The van der Waals surface area contributed by atoms with E-state index in [9.17, 15) is 4.79 Å². The third-order valence-electron chi connectivity index (χ3n) is 4.47. The molecule has 2 unspecified atom stereocenters. The average Bonchev–Trinajstić information content (AvgIpc) is 2.83. The lowest BCUT2D eigenvalue weighted by molar-refractivity contribution is -0.261. The molecule has 112 valence electrons. The number of ether oxygens (including phenoxy) is 1. The number of rotatable bonds is 5. The highest BCUT2D eigenvalue weighted by molar-refractivity contribution is 6.08. The molecular formula is C14H21NO5. The third-order valence-corrected chi connectivity index (χ3v) is 4.47. The Bertz CT molecular complexity index is 458. The fourth-order valence-corrected chi connectivity index (χ4v) is 3.40. The summed E-state index contributed by atoms with van der Waals surface area (Å²) >= 11 is 0. The summed E-state index contributed by atoms with van der Waals surface area (Å²) in [5.41, 5.74) is -1.23. The Kier molecular flexibility index (Phi) is 4.04. The second-order valence-corrected chi connectivity index (χ2v) is 5.07. The molecule has 0 radical (unpaired) electrons. The molecule has 2 atom stereocenters. The zero-order chi connectivity index (χ0) is 14.8. The summed E-state index contributed by atoms with van der Waals surface area (Å²) < 4.78 is 5.61. The predicted octanol–water partition coefficient (Wildman–Crippen LogP) is 2.65. The zero-order valence-corrected chi connectivity index (χ0v) is 12.1. The number of oxime groups is 1. The van der Waals surface area contributed by atoms with E-state index in [0.717, 1.165) is 6.42 Å². The van der Waals surface area contributed by atoms with Crippen LogP contribution < -0.4 is 0 Å². The Labute approximate surface area is 118 Å². The van der Waals surface area contributed by atoms with E-state index in [4.69, 9.17) is 14.8 Å². The quantitative estimate of drug-likeness (QED) is 0.620. The highest BCUT2D eigenvalue weighted by Gasteiger charge is 2.66. The highest BCUT2D eigenvalue weighted by atomic mass is 17.1. The number of hydrogen-bond donors (Lipinski definition) is 1. The van der Waals surface area contributed by atoms with Crippen LogP contribution in [0.4, 0.5) is 0 Å². The number of carbonyl (C=O) groups is 1. The summed E-state index contributed by atoms with van der Waals surface area (Å²) in [7, 11) is 0. The summed E-state index contributed by atoms with van der Waals surface area (Å²) in [4.78, 5) is 21.6. The monoisotopic (exact) mass is 283 g/mol. The van der Waals surface area contributed by atoms with Gasteiger partial charge in [0.05, 0.1) is 12.0 Å². The highest BCUT2D eigenvalue weighted by Crippen LogP contribution is 2.53. The molecule has 2 rings (SSSR count). The van der Waals surface area contributed by atoms with Crippen LogP contribution in [0.25, 0.3) is 0 Å². The largest absolute Gasteiger partial charge is 0.492 e. The Morgan fingerprint density at radius 3 is 2.75 bits per heavy atom. The van der Waals surface area contributed by atoms with Gasteiger partial charge in [-0.05, 0) is 38.7 Å². The fraction of sp³-hybridized carbons (Fsp3) is 0.714. The van der Waals surface area contributed by atoms with Crippen LogP contribution in [0.15, 0.2) is 17.0 Å². The molecule has 0 aromatic rings. The normalized spacial score (nSPS) is 31.8. The van der Waals surface area contributed by atoms with Gasteiger partial charge in [-0.2, -0.15) is 5.26 Å². The molecule has 0 amide bonds. The number of carbonyl (C=O) groups excluding carboxylic acids is 1. The lowest BCUT2D eigenvalue weighted by atomic mass is 9.61. The van der Waals surface area contributed by atoms with Crippen molar-refractivity contribution in [2.75, 3.05) is 6.61 Å². The first-order chi connectivity index (χ1) is 9.61. The Hall–Kier alpha value is -1.56. The molecular weight excluding hydrogens is 262 g/mol. The topological polar surface area (TPSA) is 77.4 Å². The maximum absolute atomic E-state index is 12.1. The standard InChI is InChI=1S/C14H21NO5/c1-4-13-9-7-8-10(18-6-3)11(13)15-20-14(13,5-2)12(16)19-17/h8,17H,4-7,9H2,1-3H3. The molecule has 6 heteroatoms. The van der Waals surface area contributed by atoms with Crippen LogP contribution in [0, 0.1) is 5.41 Å². The van der Waals surface area contributed by atoms with Crippen molar-refractivity contribution in [3.8, 4) is 0 Å². The van der Waals surface area contributed by atoms with Crippen molar-refractivity contribution in [1.29, 1.82) is 0 Å². The Balaban J connectivity index is 2.48. The van der Waals surface area contributed by atoms with Crippen LogP contribution in [0.5, 0.6) is 0 Å². The number of hydrogen-bond acceptors (Lipinski definition) is 6. The van der Waals surface area contributed by atoms with Crippen molar-refractivity contribution in [3.63, 3.8) is 0 Å². The molecule has 0 aromatic carbocycles.